The van der Waals surface area contributed by atoms with Gasteiger partial charge in [-0.05, 0) is 53.1 Å². The van der Waals surface area contributed by atoms with Crippen LogP contribution >= 0.6 is 22.9 Å². The summed E-state index contributed by atoms with van der Waals surface area (Å²) in [5.41, 5.74) is 1.31. The van der Waals surface area contributed by atoms with Gasteiger partial charge in [-0.3, -0.25) is 0 Å². The standard InChI is InChI=1S/C16H15ClN2OS/c1-3-10(2)11-4-6-12(7-5-11)20-14-13-8-9-21-15(13)19-16(17)18-14/h4-10H,3H2,1-2H3. The molecule has 2 aromatic heterocycles. The fourth-order valence-electron chi connectivity index (χ4n) is 2.09. The van der Waals surface area contributed by atoms with E-state index in [4.69, 9.17) is 16.3 Å². The minimum absolute atomic E-state index is 0.205. The van der Waals surface area contributed by atoms with Crippen molar-refractivity contribution in [3.63, 3.8) is 0 Å². The van der Waals surface area contributed by atoms with Gasteiger partial charge in [0, 0.05) is 0 Å². The van der Waals surface area contributed by atoms with Crippen LogP contribution in [0.1, 0.15) is 31.7 Å². The van der Waals surface area contributed by atoms with Crippen molar-refractivity contribution >= 4 is 33.2 Å². The van der Waals surface area contributed by atoms with Crippen LogP contribution in [-0.2, 0) is 0 Å². The summed E-state index contributed by atoms with van der Waals surface area (Å²) in [6.45, 7) is 4.40. The minimum atomic E-state index is 0.205. The number of hydrogen-bond acceptors (Lipinski definition) is 4. The van der Waals surface area contributed by atoms with E-state index in [2.05, 4.69) is 35.9 Å². The highest BCUT2D eigenvalue weighted by atomic mass is 35.5. The number of hydrogen-bond donors (Lipinski definition) is 0. The highest BCUT2D eigenvalue weighted by molar-refractivity contribution is 7.16. The van der Waals surface area contributed by atoms with Gasteiger partial charge in [0.25, 0.3) is 0 Å². The number of thiophene rings is 1. The van der Waals surface area contributed by atoms with Crippen molar-refractivity contribution < 1.29 is 4.74 Å². The largest absolute Gasteiger partial charge is 0.438 e. The third-order valence-corrected chi connectivity index (χ3v) is 4.51. The van der Waals surface area contributed by atoms with Gasteiger partial charge in [-0.2, -0.15) is 4.98 Å². The number of ether oxygens (including phenoxy) is 1. The van der Waals surface area contributed by atoms with Gasteiger partial charge in [0.1, 0.15) is 10.6 Å². The number of fused-ring (bicyclic) bond motifs is 1. The van der Waals surface area contributed by atoms with Crippen molar-refractivity contribution in [1.29, 1.82) is 0 Å². The first-order valence-corrected chi connectivity index (χ1v) is 8.11. The summed E-state index contributed by atoms with van der Waals surface area (Å²) < 4.78 is 5.87. The molecule has 1 atom stereocenters. The van der Waals surface area contributed by atoms with Gasteiger partial charge in [-0.15, -0.1) is 11.3 Å². The van der Waals surface area contributed by atoms with E-state index in [1.807, 2.05) is 23.6 Å². The van der Waals surface area contributed by atoms with E-state index < -0.39 is 0 Å². The molecule has 0 radical (unpaired) electrons. The van der Waals surface area contributed by atoms with Crippen molar-refractivity contribution in [2.75, 3.05) is 0 Å². The maximum absolute atomic E-state index is 5.94. The molecule has 0 spiro atoms. The van der Waals surface area contributed by atoms with Crippen LogP contribution in [-0.4, -0.2) is 9.97 Å². The Balaban J connectivity index is 1.90. The lowest BCUT2D eigenvalue weighted by Crippen LogP contribution is -1.93. The Bertz CT molecular complexity index is 755. The van der Waals surface area contributed by atoms with Crippen molar-refractivity contribution in [2.24, 2.45) is 0 Å². The molecule has 0 saturated heterocycles. The van der Waals surface area contributed by atoms with E-state index in [-0.39, 0.29) is 5.28 Å². The lowest BCUT2D eigenvalue weighted by molar-refractivity contribution is 0.468. The molecule has 0 aliphatic carbocycles. The summed E-state index contributed by atoms with van der Waals surface area (Å²) >= 11 is 7.46. The lowest BCUT2D eigenvalue weighted by atomic mass is 9.99. The van der Waals surface area contributed by atoms with E-state index in [1.54, 1.807) is 0 Å². The molecule has 21 heavy (non-hydrogen) atoms. The normalized spacial score (nSPS) is 12.5. The lowest BCUT2D eigenvalue weighted by Gasteiger charge is -2.10. The summed E-state index contributed by atoms with van der Waals surface area (Å²) in [5, 5.41) is 3.04. The smallest absolute Gasteiger partial charge is 0.232 e. The van der Waals surface area contributed by atoms with Gasteiger partial charge in [0.15, 0.2) is 0 Å². The summed E-state index contributed by atoms with van der Waals surface area (Å²) in [5.74, 6) is 1.81. The van der Waals surface area contributed by atoms with Gasteiger partial charge in [-0.1, -0.05) is 26.0 Å². The molecular formula is C16H15ClN2OS. The summed E-state index contributed by atoms with van der Waals surface area (Å²) in [7, 11) is 0. The van der Waals surface area contributed by atoms with Gasteiger partial charge in [0.2, 0.25) is 11.2 Å². The fourth-order valence-corrected chi connectivity index (χ4v) is 3.06. The molecule has 0 aliphatic heterocycles. The second kappa shape index (κ2) is 6.00. The third kappa shape index (κ3) is 3.01. The summed E-state index contributed by atoms with van der Waals surface area (Å²) in [6, 6.07) is 10.1. The number of benzene rings is 1. The van der Waals surface area contributed by atoms with Gasteiger partial charge >= 0.3 is 0 Å². The Morgan fingerprint density at radius 2 is 1.95 bits per heavy atom. The molecule has 5 heteroatoms. The van der Waals surface area contributed by atoms with Crippen LogP contribution in [0.15, 0.2) is 35.7 Å². The molecule has 1 unspecified atom stereocenters. The average Bonchev–Trinajstić information content (AvgIpc) is 2.95. The Kier molecular flexibility index (Phi) is 4.08. The van der Waals surface area contributed by atoms with Gasteiger partial charge < -0.3 is 4.74 Å². The van der Waals surface area contributed by atoms with E-state index >= 15 is 0 Å². The van der Waals surface area contributed by atoms with Gasteiger partial charge in [0.05, 0.1) is 5.39 Å². The Labute approximate surface area is 132 Å². The molecule has 0 saturated carbocycles. The molecular weight excluding hydrogens is 304 g/mol. The number of rotatable bonds is 4. The van der Waals surface area contributed by atoms with E-state index in [9.17, 15) is 0 Å². The zero-order valence-corrected chi connectivity index (χ0v) is 13.4. The highest BCUT2D eigenvalue weighted by Crippen LogP contribution is 2.32. The van der Waals surface area contributed by atoms with Crippen LogP contribution in [0.3, 0.4) is 0 Å². The maximum Gasteiger partial charge on any atom is 0.232 e. The zero-order valence-electron chi connectivity index (χ0n) is 11.8. The maximum atomic E-state index is 5.94. The monoisotopic (exact) mass is 318 g/mol. The topological polar surface area (TPSA) is 35.0 Å². The predicted molar refractivity (Wildman–Crippen MR) is 87.6 cm³/mol. The van der Waals surface area contributed by atoms with Crippen molar-refractivity contribution in [1.82, 2.24) is 9.97 Å². The molecule has 0 bridgehead atoms. The van der Waals surface area contributed by atoms with Crippen LogP contribution in [0.4, 0.5) is 0 Å². The molecule has 108 valence electrons. The van der Waals surface area contributed by atoms with Crippen molar-refractivity contribution in [3.05, 3.63) is 46.6 Å². The van der Waals surface area contributed by atoms with E-state index in [1.165, 1.54) is 16.9 Å². The minimum Gasteiger partial charge on any atom is -0.438 e. The Morgan fingerprint density at radius 3 is 2.67 bits per heavy atom. The number of halogens is 1. The number of aromatic nitrogens is 2. The van der Waals surface area contributed by atoms with Crippen molar-refractivity contribution in [3.8, 4) is 11.6 Å². The molecule has 0 fully saturated rings. The van der Waals surface area contributed by atoms with Crippen LogP contribution in [0, 0.1) is 0 Å². The molecule has 1 aromatic carbocycles. The second-order valence-electron chi connectivity index (χ2n) is 4.92. The van der Waals surface area contributed by atoms with Crippen molar-refractivity contribution in [2.45, 2.75) is 26.2 Å². The molecule has 3 aromatic rings. The molecule has 3 rings (SSSR count). The van der Waals surface area contributed by atoms with Crippen LogP contribution in [0.25, 0.3) is 10.2 Å². The van der Waals surface area contributed by atoms with Crippen LogP contribution < -0.4 is 4.74 Å². The first-order chi connectivity index (χ1) is 10.2. The Morgan fingerprint density at radius 1 is 1.19 bits per heavy atom. The molecule has 2 heterocycles. The molecule has 3 nitrogen and oxygen atoms in total. The summed E-state index contributed by atoms with van der Waals surface area (Å²) in [6.07, 6.45) is 1.12. The first kappa shape index (κ1) is 14.3. The van der Waals surface area contributed by atoms with E-state index in [0.29, 0.717) is 11.8 Å². The highest BCUT2D eigenvalue weighted by Gasteiger charge is 2.10. The molecule has 0 N–H and O–H groups in total. The first-order valence-electron chi connectivity index (χ1n) is 6.86. The van der Waals surface area contributed by atoms with Crippen LogP contribution in [0.2, 0.25) is 5.28 Å². The average molecular weight is 319 g/mol. The van der Waals surface area contributed by atoms with Gasteiger partial charge in [-0.25, -0.2) is 4.98 Å². The summed E-state index contributed by atoms with van der Waals surface area (Å²) in [4.78, 5) is 9.19. The SMILES string of the molecule is CCC(C)c1ccc(Oc2nc(Cl)nc3sccc23)cc1. The second-order valence-corrected chi connectivity index (χ2v) is 6.15. The Hall–Kier alpha value is -1.65. The third-order valence-electron chi connectivity index (χ3n) is 3.54. The number of nitrogens with zero attached hydrogens (tertiary/aromatic N) is 2. The van der Waals surface area contributed by atoms with E-state index in [0.717, 1.165) is 22.4 Å². The predicted octanol–water partition coefficient (Wildman–Crippen LogP) is 5.65. The fraction of sp³-hybridized carbons (Fsp3) is 0.250. The quantitative estimate of drug-likeness (QED) is 0.583. The zero-order chi connectivity index (χ0) is 14.8. The molecule has 0 amide bonds. The molecule has 0 aliphatic rings. The van der Waals surface area contributed by atoms with Crippen LogP contribution in [0.5, 0.6) is 11.6 Å².